The average molecular weight is 460 g/mol. The molecule has 2 rings (SSSR count). The number of alkyl halides is 1. The van der Waals surface area contributed by atoms with Crippen LogP contribution >= 0.6 is 59.1 Å². The molecule has 1 unspecified atom stereocenters. The lowest BCUT2D eigenvalue weighted by molar-refractivity contribution is 0.0671. The predicted molar refractivity (Wildman–Crippen MR) is 86.8 cm³/mol. The summed E-state index contributed by atoms with van der Waals surface area (Å²) in [5.41, 5.74) is 0.784. The standard InChI is InChI=1S/C12H14Br3NOS/c13-4-3-8-2-1-5-16(7-8)12(17)9-6-10(14)18-11(9)15/h6,8H,1-5,7H2. The molecular weight excluding hydrogens is 446 g/mol. The van der Waals surface area contributed by atoms with Gasteiger partial charge >= 0.3 is 0 Å². The fourth-order valence-corrected chi connectivity index (χ4v) is 5.72. The number of thiophene rings is 1. The molecule has 1 aliphatic rings. The van der Waals surface area contributed by atoms with E-state index in [1.807, 2.05) is 11.0 Å². The van der Waals surface area contributed by atoms with E-state index in [1.165, 1.54) is 6.42 Å². The van der Waals surface area contributed by atoms with E-state index >= 15 is 0 Å². The SMILES string of the molecule is O=C(c1cc(Br)sc1Br)N1CCCC(CCBr)C1. The molecule has 0 bridgehead atoms. The Labute approximate surface area is 137 Å². The van der Waals surface area contributed by atoms with Crippen molar-refractivity contribution in [1.82, 2.24) is 4.90 Å². The van der Waals surface area contributed by atoms with Gasteiger partial charge in [-0.25, -0.2) is 0 Å². The van der Waals surface area contributed by atoms with Crippen molar-refractivity contribution in [1.29, 1.82) is 0 Å². The van der Waals surface area contributed by atoms with Crippen LogP contribution in [0.4, 0.5) is 0 Å². The maximum Gasteiger partial charge on any atom is 0.255 e. The van der Waals surface area contributed by atoms with Crippen LogP contribution in [0, 0.1) is 5.92 Å². The third-order valence-corrected chi connectivity index (χ3v) is 6.01. The molecule has 0 aromatic carbocycles. The second-order valence-electron chi connectivity index (χ2n) is 4.47. The smallest absolute Gasteiger partial charge is 0.255 e. The number of halogens is 3. The zero-order valence-electron chi connectivity index (χ0n) is 9.79. The molecule has 18 heavy (non-hydrogen) atoms. The third kappa shape index (κ3) is 3.58. The van der Waals surface area contributed by atoms with Gasteiger partial charge in [0, 0.05) is 18.4 Å². The van der Waals surface area contributed by atoms with Gasteiger partial charge in [0.05, 0.1) is 13.1 Å². The Morgan fingerprint density at radius 2 is 2.28 bits per heavy atom. The molecule has 1 atom stereocenters. The molecule has 0 radical (unpaired) electrons. The van der Waals surface area contributed by atoms with Crippen LogP contribution in [-0.4, -0.2) is 29.2 Å². The molecule has 2 nitrogen and oxygen atoms in total. The van der Waals surface area contributed by atoms with E-state index in [0.717, 1.165) is 44.4 Å². The first kappa shape index (κ1) is 15.0. The second kappa shape index (κ2) is 6.86. The van der Waals surface area contributed by atoms with Crippen LogP contribution in [0.15, 0.2) is 13.6 Å². The van der Waals surface area contributed by atoms with Gasteiger partial charge in [-0.1, -0.05) is 15.9 Å². The molecule has 1 amide bonds. The van der Waals surface area contributed by atoms with E-state index in [1.54, 1.807) is 11.3 Å². The van der Waals surface area contributed by atoms with Gasteiger partial charge in [0.15, 0.2) is 0 Å². The summed E-state index contributed by atoms with van der Waals surface area (Å²) in [5.74, 6) is 0.797. The summed E-state index contributed by atoms with van der Waals surface area (Å²) in [6.07, 6.45) is 3.51. The molecule has 0 aliphatic carbocycles. The Bertz CT molecular complexity index is 433. The van der Waals surface area contributed by atoms with Crippen LogP contribution in [0.2, 0.25) is 0 Å². The highest BCUT2D eigenvalue weighted by Crippen LogP contribution is 2.33. The Balaban J connectivity index is 2.06. The maximum absolute atomic E-state index is 12.5. The Kier molecular flexibility index (Phi) is 5.72. The fourth-order valence-electron chi connectivity index (χ4n) is 2.30. The monoisotopic (exact) mass is 457 g/mol. The highest BCUT2D eigenvalue weighted by molar-refractivity contribution is 9.12. The molecular formula is C12H14Br3NOS. The van der Waals surface area contributed by atoms with Crippen molar-refractivity contribution in [3.8, 4) is 0 Å². The summed E-state index contributed by atoms with van der Waals surface area (Å²) in [6.45, 7) is 1.78. The van der Waals surface area contributed by atoms with Crippen molar-refractivity contribution in [3.05, 3.63) is 19.2 Å². The first-order chi connectivity index (χ1) is 8.61. The first-order valence-electron chi connectivity index (χ1n) is 5.92. The molecule has 1 aromatic heterocycles. The minimum atomic E-state index is 0.156. The van der Waals surface area contributed by atoms with Crippen molar-refractivity contribution in [2.24, 2.45) is 5.92 Å². The highest BCUT2D eigenvalue weighted by atomic mass is 79.9. The average Bonchev–Trinajstić information content (AvgIpc) is 2.68. The number of nitrogens with zero attached hydrogens (tertiary/aromatic N) is 1. The van der Waals surface area contributed by atoms with Gasteiger partial charge in [0.1, 0.15) is 0 Å². The van der Waals surface area contributed by atoms with E-state index in [4.69, 9.17) is 0 Å². The quantitative estimate of drug-likeness (QED) is 0.588. The molecule has 1 fully saturated rings. The maximum atomic E-state index is 12.5. The molecule has 2 heterocycles. The van der Waals surface area contributed by atoms with Crippen LogP contribution in [0.25, 0.3) is 0 Å². The molecule has 6 heteroatoms. The van der Waals surface area contributed by atoms with Gasteiger partial charge in [0.25, 0.3) is 5.91 Å². The number of rotatable bonds is 3. The summed E-state index contributed by atoms with van der Waals surface area (Å²) in [6, 6.07) is 1.91. The van der Waals surface area contributed by atoms with Crippen LogP contribution < -0.4 is 0 Å². The predicted octanol–water partition coefficient (Wildman–Crippen LogP) is 4.91. The van der Waals surface area contributed by atoms with E-state index in [9.17, 15) is 4.79 Å². The lowest BCUT2D eigenvalue weighted by Crippen LogP contribution is -2.40. The number of likely N-dealkylation sites (tertiary alicyclic amines) is 1. The zero-order valence-corrected chi connectivity index (χ0v) is 15.4. The topological polar surface area (TPSA) is 20.3 Å². The summed E-state index contributed by atoms with van der Waals surface area (Å²) in [5, 5.41) is 1.02. The fraction of sp³-hybridized carbons (Fsp3) is 0.583. The minimum absolute atomic E-state index is 0.156. The van der Waals surface area contributed by atoms with E-state index in [-0.39, 0.29) is 5.91 Å². The number of piperidine rings is 1. The zero-order chi connectivity index (χ0) is 13.1. The lowest BCUT2D eigenvalue weighted by atomic mass is 9.95. The van der Waals surface area contributed by atoms with Crippen molar-refractivity contribution < 1.29 is 4.79 Å². The molecule has 0 N–H and O–H groups in total. The number of hydrogen-bond donors (Lipinski definition) is 0. The van der Waals surface area contributed by atoms with Crippen LogP contribution in [0.5, 0.6) is 0 Å². The molecule has 1 aliphatic heterocycles. The lowest BCUT2D eigenvalue weighted by Gasteiger charge is -2.32. The van der Waals surface area contributed by atoms with Crippen LogP contribution in [-0.2, 0) is 0 Å². The molecule has 0 saturated carbocycles. The Hall–Kier alpha value is 0.610. The van der Waals surface area contributed by atoms with Crippen molar-refractivity contribution in [2.45, 2.75) is 19.3 Å². The first-order valence-corrected chi connectivity index (χ1v) is 9.44. The van der Waals surface area contributed by atoms with Crippen LogP contribution in [0.1, 0.15) is 29.6 Å². The highest BCUT2D eigenvalue weighted by Gasteiger charge is 2.26. The second-order valence-corrected chi connectivity index (χ2v) is 9.02. The van der Waals surface area contributed by atoms with Gasteiger partial charge in [-0.2, -0.15) is 0 Å². The Morgan fingerprint density at radius 3 is 2.89 bits per heavy atom. The molecule has 1 aromatic rings. The van der Waals surface area contributed by atoms with Crippen molar-refractivity contribution >= 4 is 65.0 Å². The van der Waals surface area contributed by atoms with E-state index in [2.05, 4.69) is 47.8 Å². The molecule has 1 saturated heterocycles. The van der Waals surface area contributed by atoms with Gasteiger partial charge in [-0.05, 0) is 63.1 Å². The van der Waals surface area contributed by atoms with Gasteiger partial charge in [-0.15, -0.1) is 11.3 Å². The number of amides is 1. The van der Waals surface area contributed by atoms with Crippen molar-refractivity contribution in [3.63, 3.8) is 0 Å². The van der Waals surface area contributed by atoms with Crippen molar-refractivity contribution in [2.75, 3.05) is 18.4 Å². The molecule has 0 spiro atoms. The summed E-state index contributed by atoms with van der Waals surface area (Å²) >= 11 is 11.9. The van der Waals surface area contributed by atoms with E-state index in [0.29, 0.717) is 5.92 Å². The molecule has 100 valence electrons. The summed E-state index contributed by atoms with van der Waals surface area (Å²) in [7, 11) is 0. The number of carbonyl (C=O) groups is 1. The normalized spacial score (nSPS) is 20.2. The van der Waals surface area contributed by atoms with Gasteiger partial charge in [0.2, 0.25) is 0 Å². The van der Waals surface area contributed by atoms with Gasteiger partial charge < -0.3 is 4.90 Å². The number of carbonyl (C=O) groups excluding carboxylic acids is 1. The van der Waals surface area contributed by atoms with Crippen LogP contribution in [0.3, 0.4) is 0 Å². The minimum Gasteiger partial charge on any atom is -0.338 e. The summed E-state index contributed by atoms with van der Waals surface area (Å²) < 4.78 is 1.91. The van der Waals surface area contributed by atoms with E-state index < -0.39 is 0 Å². The van der Waals surface area contributed by atoms with Gasteiger partial charge in [-0.3, -0.25) is 4.79 Å². The third-order valence-electron chi connectivity index (χ3n) is 3.21. The number of hydrogen-bond acceptors (Lipinski definition) is 2. The summed E-state index contributed by atoms with van der Waals surface area (Å²) in [4.78, 5) is 14.4. The largest absolute Gasteiger partial charge is 0.338 e. The Morgan fingerprint density at radius 1 is 1.50 bits per heavy atom.